The Morgan fingerprint density at radius 2 is 2.18 bits per heavy atom. The van der Waals surface area contributed by atoms with Crippen LogP contribution in [0, 0.1) is 6.92 Å². The molecule has 0 radical (unpaired) electrons. The molecule has 0 aliphatic heterocycles. The molecule has 1 amide bonds. The lowest BCUT2D eigenvalue weighted by molar-refractivity contribution is -0.117. The highest BCUT2D eigenvalue weighted by Crippen LogP contribution is 2.22. The van der Waals surface area contributed by atoms with Crippen molar-refractivity contribution in [2.45, 2.75) is 20.3 Å². The molecule has 0 fully saturated rings. The van der Waals surface area contributed by atoms with E-state index in [2.05, 4.69) is 12.2 Å². The highest BCUT2D eigenvalue weighted by molar-refractivity contribution is 5.96. The van der Waals surface area contributed by atoms with Gasteiger partial charge < -0.3 is 11.1 Å². The number of anilines is 2. The van der Waals surface area contributed by atoms with Crippen LogP contribution in [0.2, 0.25) is 0 Å². The van der Waals surface area contributed by atoms with Crippen LogP contribution in [0.25, 0.3) is 0 Å². The molecule has 0 atom stereocenters. The van der Waals surface area contributed by atoms with Crippen LogP contribution < -0.4 is 11.1 Å². The molecule has 0 unspecified atom stereocenters. The molecule has 0 aliphatic rings. The average molecular weight is 235 g/mol. The van der Waals surface area contributed by atoms with Gasteiger partial charge in [-0.25, -0.2) is 0 Å². The molecule has 94 valence electrons. The fraction of sp³-hybridized carbons (Fsp3) is 0.462. The third-order valence-electron chi connectivity index (χ3n) is 2.59. The van der Waals surface area contributed by atoms with E-state index >= 15 is 0 Å². The van der Waals surface area contributed by atoms with Crippen molar-refractivity contribution < 1.29 is 4.79 Å². The summed E-state index contributed by atoms with van der Waals surface area (Å²) in [5.74, 6) is -0.0260. The maximum absolute atomic E-state index is 11.8. The Labute approximate surface area is 103 Å². The molecule has 1 aromatic rings. The Balaban J connectivity index is 2.62. The van der Waals surface area contributed by atoms with E-state index in [0.29, 0.717) is 12.2 Å². The van der Waals surface area contributed by atoms with E-state index in [1.165, 1.54) is 0 Å². The van der Waals surface area contributed by atoms with Gasteiger partial charge in [0.15, 0.2) is 0 Å². The standard InChI is InChI=1S/C13H21N3O/c1-4-8-16(3)9-12(17)15-13-10(2)6-5-7-11(13)14/h5-7H,4,8-9,14H2,1-3H3,(H,15,17). The molecule has 0 saturated carbocycles. The first-order valence-electron chi connectivity index (χ1n) is 5.88. The molecule has 0 heterocycles. The molecule has 0 aromatic heterocycles. The summed E-state index contributed by atoms with van der Waals surface area (Å²) in [6, 6.07) is 5.60. The van der Waals surface area contributed by atoms with E-state index < -0.39 is 0 Å². The first-order valence-corrected chi connectivity index (χ1v) is 5.88. The molecule has 4 heteroatoms. The quantitative estimate of drug-likeness (QED) is 0.766. The largest absolute Gasteiger partial charge is 0.397 e. The normalized spacial score (nSPS) is 10.6. The van der Waals surface area contributed by atoms with Gasteiger partial charge in [-0.3, -0.25) is 9.69 Å². The molecule has 17 heavy (non-hydrogen) atoms. The van der Waals surface area contributed by atoms with Crippen molar-refractivity contribution >= 4 is 17.3 Å². The Morgan fingerprint density at radius 3 is 2.76 bits per heavy atom. The number of nitrogens with zero attached hydrogens (tertiary/aromatic N) is 1. The summed E-state index contributed by atoms with van der Waals surface area (Å²) in [5, 5.41) is 2.86. The number of likely N-dealkylation sites (N-methyl/N-ethyl adjacent to an activating group) is 1. The van der Waals surface area contributed by atoms with Crippen LogP contribution in [0.1, 0.15) is 18.9 Å². The molecule has 0 spiro atoms. The Morgan fingerprint density at radius 1 is 1.47 bits per heavy atom. The maximum Gasteiger partial charge on any atom is 0.238 e. The summed E-state index contributed by atoms with van der Waals surface area (Å²) in [6.07, 6.45) is 1.04. The van der Waals surface area contributed by atoms with E-state index in [-0.39, 0.29) is 5.91 Å². The SMILES string of the molecule is CCCN(C)CC(=O)Nc1c(C)cccc1N. The molecular formula is C13H21N3O. The molecular weight excluding hydrogens is 214 g/mol. The number of carbonyl (C=O) groups is 1. The van der Waals surface area contributed by atoms with Gasteiger partial charge in [-0.2, -0.15) is 0 Å². The molecule has 1 aromatic carbocycles. The van der Waals surface area contributed by atoms with Gasteiger partial charge in [0.05, 0.1) is 17.9 Å². The van der Waals surface area contributed by atoms with Crippen LogP contribution in [0.4, 0.5) is 11.4 Å². The van der Waals surface area contributed by atoms with Crippen LogP contribution in [0.3, 0.4) is 0 Å². The zero-order valence-corrected chi connectivity index (χ0v) is 10.8. The summed E-state index contributed by atoms with van der Waals surface area (Å²) in [6.45, 7) is 5.33. The van der Waals surface area contributed by atoms with Crippen molar-refractivity contribution in [3.8, 4) is 0 Å². The smallest absolute Gasteiger partial charge is 0.238 e. The molecule has 0 bridgehead atoms. The summed E-state index contributed by atoms with van der Waals surface area (Å²) in [7, 11) is 1.93. The lowest BCUT2D eigenvalue weighted by Crippen LogP contribution is -2.31. The van der Waals surface area contributed by atoms with Crippen molar-refractivity contribution in [2.75, 3.05) is 31.2 Å². The monoisotopic (exact) mass is 235 g/mol. The van der Waals surface area contributed by atoms with Crippen molar-refractivity contribution in [3.05, 3.63) is 23.8 Å². The second-order valence-electron chi connectivity index (χ2n) is 4.33. The maximum atomic E-state index is 11.8. The van der Waals surface area contributed by atoms with Crippen LogP contribution >= 0.6 is 0 Å². The third kappa shape index (κ3) is 4.07. The number of para-hydroxylation sites is 1. The van der Waals surface area contributed by atoms with Gasteiger partial charge in [0.2, 0.25) is 5.91 Å². The molecule has 1 rings (SSSR count). The number of hydrogen-bond donors (Lipinski definition) is 2. The van der Waals surface area contributed by atoms with E-state index in [4.69, 9.17) is 5.73 Å². The first-order chi connectivity index (χ1) is 8.04. The van der Waals surface area contributed by atoms with Crippen molar-refractivity contribution in [2.24, 2.45) is 0 Å². The number of rotatable bonds is 5. The van der Waals surface area contributed by atoms with E-state index in [1.807, 2.05) is 31.0 Å². The minimum atomic E-state index is -0.0260. The van der Waals surface area contributed by atoms with Gasteiger partial charge in [-0.15, -0.1) is 0 Å². The highest BCUT2D eigenvalue weighted by Gasteiger charge is 2.09. The Hall–Kier alpha value is -1.55. The van der Waals surface area contributed by atoms with Crippen molar-refractivity contribution in [1.29, 1.82) is 0 Å². The summed E-state index contributed by atoms with van der Waals surface area (Å²) < 4.78 is 0. The number of nitrogens with two attached hydrogens (primary N) is 1. The number of carbonyl (C=O) groups excluding carboxylic acids is 1. The van der Waals surface area contributed by atoms with Crippen LogP contribution in [-0.2, 0) is 4.79 Å². The van der Waals surface area contributed by atoms with Crippen LogP contribution in [0.5, 0.6) is 0 Å². The number of benzene rings is 1. The number of nitrogens with one attached hydrogen (secondary N) is 1. The fourth-order valence-corrected chi connectivity index (χ4v) is 1.75. The highest BCUT2D eigenvalue weighted by atomic mass is 16.2. The third-order valence-corrected chi connectivity index (χ3v) is 2.59. The van der Waals surface area contributed by atoms with Gasteiger partial charge >= 0.3 is 0 Å². The topological polar surface area (TPSA) is 58.4 Å². The number of hydrogen-bond acceptors (Lipinski definition) is 3. The molecule has 0 aliphatic carbocycles. The number of aryl methyl sites for hydroxylation is 1. The lowest BCUT2D eigenvalue weighted by atomic mass is 10.1. The fourth-order valence-electron chi connectivity index (χ4n) is 1.75. The van der Waals surface area contributed by atoms with Crippen LogP contribution in [-0.4, -0.2) is 30.9 Å². The van der Waals surface area contributed by atoms with Crippen molar-refractivity contribution in [3.63, 3.8) is 0 Å². The van der Waals surface area contributed by atoms with Crippen molar-refractivity contribution in [1.82, 2.24) is 4.90 Å². The minimum absolute atomic E-state index is 0.0260. The summed E-state index contributed by atoms with van der Waals surface area (Å²) >= 11 is 0. The predicted octanol–water partition coefficient (Wildman–Crippen LogP) is 1.86. The van der Waals surface area contributed by atoms with E-state index in [1.54, 1.807) is 6.07 Å². The van der Waals surface area contributed by atoms with Gasteiger partial charge in [-0.1, -0.05) is 19.1 Å². The number of nitrogen functional groups attached to an aromatic ring is 1. The first kappa shape index (κ1) is 13.5. The average Bonchev–Trinajstić information content (AvgIpc) is 2.24. The van der Waals surface area contributed by atoms with Gasteiger partial charge in [-0.05, 0) is 38.6 Å². The summed E-state index contributed by atoms with van der Waals surface area (Å²) in [4.78, 5) is 13.8. The van der Waals surface area contributed by atoms with E-state index in [0.717, 1.165) is 24.2 Å². The van der Waals surface area contributed by atoms with Crippen LogP contribution in [0.15, 0.2) is 18.2 Å². The zero-order chi connectivity index (χ0) is 12.8. The molecule has 4 nitrogen and oxygen atoms in total. The Bertz CT molecular complexity index is 370. The lowest BCUT2D eigenvalue weighted by Gasteiger charge is -2.16. The second-order valence-corrected chi connectivity index (χ2v) is 4.33. The predicted molar refractivity (Wildman–Crippen MR) is 72.0 cm³/mol. The zero-order valence-electron chi connectivity index (χ0n) is 10.8. The molecule has 0 saturated heterocycles. The Kier molecular flexibility index (Phi) is 4.97. The summed E-state index contributed by atoms with van der Waals surface area (Å²) in [5.41, 5.74) is 8.15. The second kappa shape index (κ2) is 6.25. The van der Waals surface area contributed by atoms with E-state index in [9.17, 15) is 4.79 Å². The number of amides is 1. The van der Waals surface area contributed by atoms with Gasteiger partial charge in [0, 0.05) is 0 Å². The van der Waals surface area contributed by atoms with Gasteiger partial charge in [0.1, 0.15) is 0 Å². The van der Waals surface area contributed by atoms with Gasteiger partial charge in [0.25, 0.3) is 0 Å². The minimum Gasteiger partial charge on any atom is -0.397 e. The molecule has 3 N–H and O–H groups in total.